The molecule has 14 heavy (non-hydrogen) atoms. The van der Waals surface area contributed by atoms with Crippen molar-refractivity contribution in [1.82, 2.24) is 4.98 Å². The Balaban J connectivity index is 3.06. The van der Waals surface area contributed by atoms with Gasteiger partial charge in [-0.15, -0.1) is 0 Å². The lowest BCUT2D eigenvalue weighted by Crippen LogP contribution is -2.02. The Bertz CT molecular complexity index is 557. The van der Waals surface area contributed by atoms with E-state index in [1.165, 1.54) is 0 Å². The molecule has 2 nitrogen and oxygen atoms in total. The molecule has 0 spiro atoms. The quantitative estimate of drug-likeness (QED) is 0.768. The SMILES string of the molecule is Cc1cc2c(=O)cc[nH]c2c(C)c1Br. The summed E-state index contributed by atoms with van der Waals surface area (Å²) in [6, 6.07) is 3.46. The summed E-state index contributed by atoms with van der Waals surface area (Å²) >= 11 is 3.50. The van der Waals surface area contributed by atoms with E-state index in [9.17, 15) is 4.79 Å². The largest absolute Gasteiger partial charge is 0.361 e. The van der Waals surface area contributed by atoms with Crippen LogP contribution in [0.15, 0.2) is 27.6 Å². The van der Waals surface area contributed by atoms with Gasteiger partial charge in [0.1, 0.15) is 0 Å². The van der Waals surface area contributed by atoms with Crippen molar-refractivity contribution in [2.45, 2.75) is 13.8 Å². The average Bonchev–Trinajstić information content (AvgIpc) is 2.17. The minimum absolute atomic E-state index is 0.0671. The van der Waals surface area contributed by atoms with Gasteiger partial charge in [-0.1, -0.05) is 15.9 Å². The highest BCUT2D eigenvalue weighted by Gasteiger charge is 2.06. The summed E-state index contributed by atoms with van der Waals surface area (Å²) in [4.78, 5) is 14.7. The first-order valence-corrected chi connectivity index (χ1v) is 5.17. The molecular weight excluding hydrogens is 242 g/mol. The van der Waals surface area contributed by atoms with Gasteiger partial charge in [0.2, 0.25) is 0 Å². The van der Waals surface area contributed by atoms with E-state index in [4.69, 9.17) is 0 Å². The maximum atomic E-state index is 11.6. The Labute approximate surface area is 90.1 Å². The third-order valence-electron chi connectivity index (χ3n) is 2.41. The van der Waals surface area contributed by atoms with Crippen molar-refractivity contribution in [3.8, 4) is 0 Å². The number of aromatic nitrogens is 1. The third-order valence-corrected chi connectivity index (χ3v) is 3.63. The predicted octanol–water partition coefficient (Wildman–Crippen LogP) is 2.91. The summed E-state index contributed by atoms with van der Waals surface area (Å²) in [6.07, 6.45) is 1.68. The summed E-state index contributed by atoms with van der Waals surface area (Å²) in [6.45, 7) is 3.98. The molecule has 1 aromatic carbocycles. The number of hydrogen-bond acceptors (Lipinski definition) is 1. The molecule has 0 aliphatic heterocycles. The summed E-state index contributed by atoms with van der Waals surface area (Å²) in [7, 11) is 0. The number of pyridine rings is 1. The van der Waals surface area contributed by atoms with Crippen molar-refractivity contribution in [2.24, 2.45) is 0 Å². The highest BCUT2D eigenvalue weighted by Crippen LogP contribution is 2.26. The number of fused-ring (bicyclic) bond motifs is 1. The highest BCUT2D eigenvalue weighted by molar-refractivity contribution is 9.10. The van der Waals surface area contributed by atoms with E-state index in [1.807, 2.05) is 19.9 Å². The molecule has 0 fully saturated rings. The molecule has 1 N–H and O–H groups in total. The highest BCUT2D eigenvalue weighted by atomic mass is 79.9. The fourth-order valence-electron chi connectivity index (χ4n) is 1.63. The van der Waals surface area contributed by atoms with Crippen LogP contribution in [0, 0.1) is 13.8 Å². The van der Waals surface area contributed by atoms with Gasteiger partial charge < -0.3 is 4.98 Å². The van der Waals surface area contributed by atoms with Gasteiger partial charge >= 0.3 is 0 Å². The fraction of sp³-hybridized carbons (Fsp3) is 0.182. The molecule has 0 amide bonds. The van der Waals surface area contributed by atoms with Crippen molar-refractivity contribution in [2.75, 3.05) is 0 Å². The van der Waals surface area contributed by atoms with Crippen LogP contribution >= 0.6 is 15.9 Å². The van der Waals surface area contributed by atoms with Gasteiger partial charge in [0, 0.05) is 22.1 Å². The second-order valence-corrected chi connectivity index (χ2v) is 4.19. The number of halogens is 1. The summed E-state index contributed by atoms with van der Waals surface area (Å²) in [5, 5.41) is 0.755. The molecule has 2 aromatic rings. The summed E-state index contributed by atoms with van der Waals surface area (Å²) < 4.78 is 1.06. The van der Waals surface area contributed by atoms with E-state index < -0.39 is 0 Å². The maximum absolute atomic E-state index is 11.6. The number of nitrogens with one attached hydrogen (secondary N) is 1. The van der Waals surface area contributed by atoms with E-state index in [1.54, 1.807) is 12.3 Å². The molecular formula is C11H10BrNO. The summed E-state index contributed by atoms with van der Waals surface area (Å²) in [5.41, 5.74) is 3.15. The van der Waals surface area contributed by atoms with Gasteiger partial charge in [-0.05, 0) is 31.0 Å². The van der Waals surface area contributed by atoms with Gasteiger partial charge in [-0.2, -0.15) is 0 Å². The molecule has 0 bridgehead atoms. The Kier molecular flexibility index (Phi) is 2.19. The van der Waals surface area contributed by atoms with Crippen molar-refractivity contribution >= 4 is 26.8 Å². The van der Waals surface area contributed by atoms with E-state index in [-0.39, 0.29) is 5.43 Å². The first-order chi connectivity index (χ1) is 6.61. The van der Waals surface area contributed by atoms with Crippen LogP contribution in [0.3, 0.4) is 0 Å². The molecule has 0 atom stereocenters. The molecule has 0 saturated heterocycles. The molecule has 0 unspecified atom stereocenters. The second-order valence-electron chi connectivity index (χ2n) is 3.40. The standard InChI is InChI=1S/C11H10BrNO/c1-6-5-8-9(14)3-4-13-11(8)7(2)10(6)12/h3-5H,1-2H3,(H,13,14). The Morgan fingerprint density at radius 3 is 2.79 bits per heavy atom. The topological polar surface area (TPSA) is 32.9 Å². The zero-order chi connectivity index (χ0) is 10.3. The van der Waals surface area contributed by atoms with Crippen LogP contribution in [0.2, 0.25) is 0 Å². The van der Waals surface area contributed by atoms with Crippen molar-refractivity contribution in [3.05, 3.63) is 44.2 Å². The molecule has 2 rings (SSSR count). The molecule has 0 radical (unpaired) electrons. The fourth-order valence-corrected chi connectivity index (χ4v) is 1.94. The maximum Gasteiger partial charge on any atom is 0.189 e. The van der Waals surface area contributed by atoms with Crippen molar-refractivity contribution in [1.29, 1.82) is 0 Å². The Morgan fingerprint density at radius 1 is 1.36 bits per heavy atom. The van der Waals surface area contributed by atoms with E-state index >= 15 is 0 Å². The van der Waals surface area contributed by atoms with E-state index in [0.717, 1.165) is 26.5 Å². The van der Waals surface area contributed by atoms with Crippen LogP contribution < -0.4 is 5.43 Å². The number of hydrogen-bond donors (Lipinski definition) is 1. The van der Waals surface area contributed by atoms with Crippen LogP contribution in [0.5, 0.6) is 0 Å². The number of H-pyrrole nitrogens is 1. The number of benzene rings is 1. The minimum atomic E-state index is 0.0671. The first kappa shape index (κ1) is 9.46. The normalized spacial score (nSPS) is 10.8. The van der Waals surface area contributed by atoms with Gasteiger partial charge in [0.15, 0.2) is 5.43 Å². The Morgan fingerprint density at radius 2 is 2.07 bits per heavy atom. The monoisotopic (exact) mass is 251 g/mol. The van der Waals surface area contributed by atoms with Gasteiger partial charge in [0.25, 0.3) is 0 Å². The van der Waals surface area contributed by atoms with E-state index in [0.29, 0.717) is 0 Å². The third kappa shape index (κ3) is 1.28. The van der Waals surface area contributed by atoms with Gasteiger partial charge in [-0.25, -0.2) is 0 Å². The molecule has 1 aromatic heterocycles. The smallest absolute Gasteiger partial charge is 0.189 e. The molecule has 1 heterocycles. The predicted molar refractivity (Wildman–Crippen MR) is 61.7 cm³/mol. The summed E-state index contributed by atoms with van der Waals surface area (Å²) in [5.74, 6) is 0. The minimum Gasteiger partial charge on any atom is -0.361 e. The van der Waals surface area contributed by atoms with Crippen LogP contribution in [-0.2, 0) is 0 Å². The second kappa shape index (κ2) is 3.24. The zero-order valence-corrected chi connectivity index (χ0v) is 9.60. The van der Waals surface area contributed by atoms with Gasteiger partial charge in [-0.3, -0.25) is 4.79 Å². The van der Waals surface area contributed by atoms with Gasteiger partial charge in [0.05, 0.1) is 5.52 Å². The van der Waals surface area contributed by atoms with Crippen LogP contribution in [0.25, 0.3) is 10.9 Å². The van der Waals surface area contributed by atoms with Crippen LogP contribution in [0.4, 0.5) is 0 Å². The molecule has 0 saturated carbocycles. The number of rotatable bonds is 0. The molecule has 0 aliphatic carbocycles. The lowest BCUT2D eigenvalue weighted by molar-refractivity contribution is 1.30. The van der Waals surface area contributed by atoms with Crippen molar-refractivity contribution < 1.29 is 0 Å². The first-order valence-electron chi connectivity index (χ1n) is 4.38. The van der Waals surface area contributed by atoms with E-state index in [2.05, 4.69) is 20.9 Å². The lowest BCUT2D eigenvalue weighted by Gasteiger charge is -2.06. The Hall–Kier alpha value is -1.09. The average molecular weight is 252 g/mol. The number of aryl methyl sites for hydroxylation is 2. The molecule has 72 valence electrons. The lowest BCUT2D eigenvalue weighted by atomic mass is 10.1. The zero-order valence-electron chi connectivity index (χ0n) is 8.02. The molecule has 3 heteroatoms. The van der Waals surface area contributed by atoms with Crippen molar-refractivity contribution in [3.63, 3.8) is 0 Å². The molecule has 0 aliphatic rings. The van der Waals surface area contributed by atoms with Crippen LogP contribution in [0.1, 0.15) is 11.1 Å². The van der Waals surface area contributed by atoms with Crippen LogP contribution in [-0.4, -0.2) is 4.98 Å². The number of aromatic amines is 1.